The van der Waals surface area contributed by atoms with Crippen LogP contribution in [0.4, 0.5) is 0 Å². The summed E-state index contributed by atoms with van der Waals surface area (Å²) in [7, 11) is 0. The first-order valence-electron chi connectivity index (χ1n) is 49.3. The van der Waals surface area contributed by atoms with Crippen molar-refractivity contribution >= 4 is 142 Å². The SMILES string of the molecule is CCCC[C@H](NC(=O)CCC(=O)NCCCOCCOCCOCCCNC(=O)CN1CCN(CC(=O)O)CCN(CC(=O)O)CCN(CC(=O)O)CC1)C(=O)N[C@H]1CSCc2cccc(c2)CSC[C@@H](C(=O)N[C@@H](CC(=O)O)C(=O)NCc2ccc(C(=O)N[C@@H](CCCNC(=N)N)C(N)=O)cc2)NC(=O)[C@H](Cc2ccccc2)NC(=O)[C@H](CCC(=O)O)NC(=O)[C@H]([C@@H](C)O)NC(=O)[C@@H]2CCCN2C(=O)[C@@H]2CCCN2C1=O. The zero-order valence-corrected chi connectivity index (χ0v) is 84.6. The molecular weight excluding hydrogens is 1960 g/mol. The quantitative estimate of drug-likeness (QED) is 0.0146. The van der Waals surface area contributed by atoms with Gasteiger partial charge in [0.05, 0.1) is 65.1 Å². The van der Waals surface area contributed by atoms with E-state index in [-0.39, 0.29) is 223 Å². The Morgan fingerprint density at radius 3 is 1.56 bits per heavy atom. The molecule has 0 aromatic heterocycles. The van der Waals surface area contributed by atoms with Crippen LogP contribution in [0, 0.1) is 5.41 Å². The van der Waals surface area contributed by atoms with Gasteiger partial charge in [-0.05, 0) is 106 Å². The largest absolute Gasteiger partial charge is 0.481 e. The molecule has 0 spiro atoms. The monoisotopic (exact) mass is 2100 g/mol. The van der Waals surface area contributed by atoms with Gasteiger partial charge in [-0.15, -0.1) is 0 Å². The maximum atomic E-state index is 15.4. The molecule has 3 aromatic rings. The summed E-state index contributed by atoms with van der Waals surface area (Å²) in [6, 6.07) is 6.09. The topological polar surface area (TPSA) is 713 Å². The molecule has 0 saturated carbocycles. The van der Waals surface area contributed by atoms with E-state index in [1.54, 1.807) is 63.2 Å². The van der Waals surface area contributed by atoms with Crippen molar-refractivity contribution in [2.24, 2.45) is 11.5 Å². The second kappa shape index (κ2) is 65.8. The highest BCUT2D eigenvalue weighted by Crippen LogP contribution is 2.28. The normalized spacial score (nSPS) is 20.1. The van der Waals surface area contributed by atoms with Crippen LogP contribution in [0.5, 0.6) is 0 Å². The maximum absolute atomic E-state index is 15.4. The number of carbonyl (C=O) groups is 19. The number of rotatable bonds is 51. The van der Waals surface area contributed by atoms with Crippen LogP contribution >= 0.6 is 23.5 Å². The fourth-order valence-electron chi connectivity index (χ4n) is 16.5. The van der Waals surface area contributed by atoms with Gasteiger partial charge in [-0.2, -0.15) is 23.5 Å². The molecule has 2 bridgehead atoms. The summed E-state index contributed by atoms with van der Waals surface area (Å²) in [6.07, 6.45) is -1.73. The number of nitrogens with two attached hydrogens (primary N) is 2. The van der Waals surface area contributed by atoms with Crippen LogP contribution in [0.15, 0.2) is 78.9 Å². The van der Waals surface area contributed by atoms with E-state index in [0.717, 1.165) is 18.7 Å². The number of nitrogens with zero attached hydrogens (tertiary/aromatic N) is 6. The van der Waals surface area contributed by atoms with Crippen molar-refractivity contribution in [3.63, 3.8) is 0 Å². The van der Waals surface area contributed by atoms with E-state index < -0.39 is 192 Å². The number of unbranched alkanes of at least 4 members (excludes halogenated alkanes) is 1. The number of guanidine groups is 1. The van der Waals surface area contributed by atoms with Gasteiger partial charge in [0.1, 0.15) is 60.4 Å². The number of nitrogens with one attached hydrogen (secondary N) is 13. The molecule has 51 heteroatoms. The van der Waals surface area contributed by atoms with Gasteiger partial charge in [0.25, 0.3) is 5.91 Å². The van der Waals surface area contributed by atoms with Crippen molar-refractivity contribution in [3.05, 3.63) is 107 Å². The van der Waals surface area contributed by atoms with Crippen molar-refractivity contribution in [3.8, 4) is 0 Å². The van der Waals surface area contributed by atoms with Gasteiger partial charge in [0, 0.05) is 159 Å². The first-order valence-corrected chi connectivity index (χ1v) is 51.6. The number of ether oxygens (including phenoxy) is 3. The third-order valence-corrected chi connectivity index (χ3v) is 26.6. The second-order valence-electron chi connectivity index (χ2n) is 36.1. The number of aliphatic hydroxyl groups excluding tert-OH is 1. The highest BCUT2D eigenvalue weighted by molar-refractivity contribution is 7.98. The van der Waals surface area contributed by atoms with Crippen LogP contribution in [-0.4, -0.2) is 407 Å². The summed E-state index contributed by atoms with van der Waals surface area (Å²) in [5.41, 5.74) is 13.2. The summed E-state index contributed by atoms with van der Waals surface area (Å²) in [4.78, 5) is 268. The minimum Gasteiger partial charge on any atom is -0.481 e. The minimum absolute atomic E-state index is 0.0137. The highest BCUT2D eigenvalue weighted by atomic mass is 32.2. The van der Waals surface area contributed by atoms with Gasteiger partial charge in [-0.3, -0.25) is 116 Å². The van der Waals surface area contributed by atoms with Crippen LogP contribution in [0.2, 0.25) is 0 Å². The number of amides is 14. The third-order valence-electron chi connectivity index (χ3n) is 24.4. The summed E-state index contributed by atoms with van der Waals surface area (Å²) >= 11 is 2.34. The number of fused-ring (bicyclic) bond motifs is 4. The number of benzene rings is 3. The Kier molecular flexibility index (Phi) is 54.2. The molecule has 4 aliphatic rings. The predicted octanol–water partition coefficient (Wildman–Crippen LogP) is -3.82. The molecule has 3 fully saturated rings. The zero-order valence-electron chi connectivity index (χ0n) is 83.0. The summed E-state index contributed by atoms with van der Waals surface area (Å²) in [6.45, 7) is 6.32. The number of aliphatic carboxylic acids is 5. The smallest absolute Gasteiger partial charge is 0.317 e. The molecule has 3 aromatic carbocycles. The Balaban J connectivity index is 0.986. The van der Waals surface area contributed by atoms with Crippen molar-refractivity contribution in [1.29, 1.82) is 5.41 Å². The summed E-state index contributed by atoms with van der Waals surface area (Å²) in [5, 5.41) is 98.9. The van der Waals surface area contributed by atoms with Crippen molar-refractivity contribution < 1.29 is 136 Å². The Morgan fingerprint density at radius 1 is 0.483 bits per heavy atom. The number of aliphatic hydroxyl groups is 1. The van der Waals surface area contributed by atoms with E-state index in [4.69, 9.17) is 31.1 Å². The summed E-state index contributed by atoms with van der Waals surface area (Å²) < 4.78 is 17.0. The van der Waals surface area contributed by atoms with E-state index in [2.05, 4.69) is 63.8 Å². The zero-order chi connectivity index (χ0) is 107. The van der Waals surface area contributed by atoms with Crippen molar-refractivity contribution in [2.45, 2.75) is 208 Å². The maximum Gasteiger partial charge on any atom is 0.317 e. The standard InChI is InChI=1S/C96H143N21O28S2/c1-3-4-18-68(104-77(120)28-27-76(119)100-31-12-43-143-45-47-145-48-46-144-44-13-32-101-78(121)53-112-35-37-113(54-81(126)127)39-41-115(56-83(130)131)42-40-114(38-36-112)55-82(128)129)88(135)110-73-60-147-58-65-17-8-16-64(49-65)57-146-59-72(91(138)108-71(51-80(124)125)87(134)103-52-63-22-24-66(25-23-63)86(133)105-67(85(97)132)19-9-30-102-96(98)99)109-90(137)70(50-62-14-6-5-7-15-62)107-89(136)69(26-29-79(122)123)106-93(140)84(61(2)118)111-92(139)74-20-10-33-116(74)95(142)75-21-11-34-117(75)94(73)141/h5-8,14-17,22-25,49,61,67-75,84,118H,3-4,9-13,18-21,26-48,50-60H2,1-2H3,(H2,97,132)(H,100,119)(H,101,121)(H,103,134)(H,104,120)(H,105,133)(H,106,140)(H,107,136)(H,108,138)(H,109,137)(H,110,135)(H,111,139)(H,122,123)(H,124,125)(H,126,127)(H,128,129)(H,130,131)(H4,98,99,102)/t61-,67+,68+,69+,70+,71+,72+,73+,74+,75+,84+/m1/s1. The molecule has 7 rings (SSSR count). The van der Waals surface area contributed by atoms with Crippen LogP contribution in [0.3, 0.4) is 0 Å². The Labute approximate surface area is 860 Å². The van der Waals surface area contributed by atoms with Gasteiger partial charge in [-0.25, -0.2) is 0 Å². The van der Waals surface area contributed by atoms with E-state index >= 15 is 14.4 Å². The molecule has 3 saturated heterocycles. The van der Waals surface area contributed by atoms with Gasteiger partial charge < -0.3 is 130 Å². The first-order chi connectivity index (χ1) is 70.3. The second-order valence-corrected chi connectivity index (χ2v) is 38.2. The van der Waals surface area contributed by atoms with Crippen LogP contribution < -0.4 is 75.3 Å². The lowest BCUT2D eigenvalue weighted by Crippen LogP contribution is -2.62. The molecule has 812 valence electrons. The number of hydrogen-bond donors (Lipinski definition) is 21. The number of carbonyl (C=O) groups excluding carboxylic acids is 14. The lowest BCUT2D eigenvalue weighted by atomic mass is 10.0. The van der Waals surface area contributed by atoms with Gasteiger partial charge in [0.15, 0.2) is 5.96 Å². The van der Waals surface area contributed by atoms with Crippen LogP contribution in [0.25, 0.3) is 0 Å². The predicted molar refractivity (Wildman–Crippen MR) is 536 cm³/mol. The van der Waals surface area contributed by atoms with Crippen molar-refractivity contribution in [2.75, 3.05) is 162 Å². The molecule has 0 unspecified atom stereocenters. The summed E-state index contributed by atoms with van der Waals surface area (Å²) in [5.74, 6) is -17.8. The lowest BCUT2D eigenvalue weighted by Gasteiger charge is -2.34. The highest BCUT2D eigenvalue weighted by Gasteiger charge is 2.46. The molecular formula is C96H143N21O28S2. The Bertz CT molecular complexity index is 4850. The average molecular weight is 2100 g/mol. The number of primary amides is 1. The molecule has 4 aliphatic heterocycles. The number of carboxylic acid groups (broad SMARTS) is 5. The Hall–Kier alpha value is -12.8. The fraction of sp³-hybridized carbons (Fsp3) is 0.604. The first kappa shape index (κ1) is 121. The van der Waals surface area contributed by atoms with E-state index in [1.807, 2.05) is 17.9 Å². The average Bonchev–Trinajstić information content (AvgIpc) is 1.65. The molecule has 4 heterocycles. The molecule has 23 N–H and O–H groups in total. The van der Waals surface area contributed by atoms with E-state index in [1.165, 1.54) is 45.8 Å². The lowest BCUT2D eigenvalue weighted by molar-refractivity contribution is -0.148. The Morgan fingerprint density at radius 2 is 1.01 bits per heavy atom. The van der Waals surface area contributed by atoms with Gasteiger partial charge in [0.2, 0.25) is 76.8 Å². The van der Waals surface area contributed by atoms with Gasteiger partial charge >= 0.3 is 29.8 Å². The molecule has 14 amide bonds. The van der Waals surface area contributed by atoms with Crippen LogP contribution in [0.1, 0.15) is 149 Å². The molecule has 49 nitrogen and oxygen atoms in total. The minimum atomic E-state index is -1.88. The number of carboxylic acids is 5. The van der Waals surface area contributed by atoms with Crippen LogP contribution in [-0.2, 0) is 125 Å². The van der Waals surface area contributed by atoms with E-state index in [9.17, 15) is 107 Å². The molecule has 11 atom stereocenters. The third kappa shape index (κ3) is 46.0. The van der Waals surface area contributed by atoms with Gasteiger partial charge in [-0.1, -0.05) is 86.5 Å². The fourth-order valence-corrected chi connectivity index (χ4v) is 18.5. The molecule has 0 radical (unpaired) electrons. The number of hydrogen-bond acceptors (Lipinski definition) is 30. The number of thioether (sulfide) groups is 2. The molecule has 147 heavy (non-hydrogen) atoms. The van der Waals surface area contributed by atoms with Crippen molar-refractivity contribution in [1.82, 2.24) is 93.2 Å². The molecule has 0 aliphatic carbocycles. The van der Waals surface area contributed by atoms with E-state index in [0.29, 0.717) is 87.0 Å².